The number of hydrogen-bond donors (Lipinski definition) is 2. The van der Waals surface area contributed by atoms with Crippen molar-refractivity contribution in [1.29, 1.82) is 0 Å². The molecule has 0 aliphatic heterocycles. The van der Waals surface area contributed by atoms with E-state index in [0.29, 0.717) is 0 Å². The Morgan fingerprint density at radius 1 is 0.938 bits per heavy atom. The maximum absolute atomic E-state index is 10.1. The topological polar surface area (TPSA) is 40.5 Å². The van der Waals surface area contributed by atoms with Gasteiger partial charge in [0.15, 0.2) is 0 Å². The SMILES string of the molecule is OC(c1ccccc1)C(O)C1CCCCC1. The van der Waals surface area contributed by atoms with Gasteiger partial charge in [0.25, 0.3) is 0 Å². The molecule has 1 aromatic carbocycles. The van der Waals surface area contributed by atoms with Crippen LogP contribution in [0.3, 0.4) is 0 Å². The van der Waals surface area contributed by atoms with Crippen LogP contribution in [-0.4, -0.2) is 16.3 Å². The summed E-state index contributed by atoms with van der Waals surface area (Å²) in [5, 5.41) is 20.2. The lowest BCUT2D eigenvalue weighted by Gasteiger charge is -2.29. The second kappa shape index (κ2) is 5.46. The lowest BCUT2D eigenvalue weighted by atomic mass is 9.82. The van der Waals surface area contributed by atoms with Gasteiger partial charge in [-0.25, -0.2) is 0 Å². The molecule has 2 heteroatoms. The Bertz CT molecular complexity index is 304. The Balaban J connectivity index is 2.00. The summed E-state index contributed by atoms with van der Waals surface area (Å²) in [5.74, 6) is 0.268. The molecule has 2 N–H and O–H groups in total. The van der Waals surface area contributed by atoms with E-state index in [-0.39, 0.29) is 5.92 Å². The average Bonchev–Trinajstić information content (AvgIpc) is 2.39. The highest BCUT2D eigenvalue weighted by atomic mass is 16.3. The first-order valence-corrected chi connectivity index (χ1v) is 6.20. The molecule has 0 saturated heterocycles. The van der Waals surface area contributed by atoms with Crippen LogP contribution in [0.4, 0.5) is 0 Å². The summed E-state index contributed by atoms with van der Waals surface area (Å²) >= 11 is 0. The average molecular weight is 220 g/mol. The van der Waals surface area contributed by atoms with Crippen molar-refractivity contribution in [3.63, 3.8) is 0 Å². The highest BCUT2D eigenvalue weighted by Gasteiger charge is 2.28. The molecule has 1 aliphatic rings. The van der Waals surface area contributed by atoms with E-state index < -0.39 is 12.2 Å². The summed E-state index contributed by atoms with van der Waals surface area (Å²) < 4.78 is 0. The van der Waals surface area contributed by atoms with Gasteiger partial charge in [-0.2, -0.15) is 0 Å². The molecule has 2 unspecified atom stereocenters. The number of benzene rings is 1. The van der Waals surface area contributed by atoms with Crippen LogP contribution in [-0.2, 0) is 0 Å². The van der Waals surface area contributed by atoms with Crippen molar-refractivity contribution in [2.24, 2.45) is 5.92 Å². The van der Waals surface area contributed by atoms with Crippen molar-refractivity contribution in [3.8, 4) is 0 Å². The van der Waals surface area contributed by atoms with Gasteiger partial charge in [0.2, 0.25) is 0 Å². The molecular weight excluding hydrogens is 200 g/mol. The van der Waals surface area contributed by atoms with Crippen molar-refractivity contribution < 1.29 is 10.2 Å². The van der Waals surface area contributed by atoms with E-state index in [4.69, 9.17) is 0 Å². The second-order valence-electron chi connectivity index (χ2n) is 4.74. The molecular formula is C14H20O2. The standard InChI is InChI=1S/C14H20O2/c15-13(11-7-3-1-4-8-11)14(16)12-9-5-2-6-10-12/h1,3-4,7-8,12-16H,2,5-6,9-10H2. The summed E-state index contributed by atoms with van der Waals surface area (Å²) in [6, 6.07) is 9.45. The first kappa shape index (κ1) is 11.6. The van der Waals surface area contributed by atoms with E-state index in [1.807, 2.05) is 30.3 Å². The minimum atomic E-state index is -0.732. The molecule has 88 valence electrons. The minimum absolute atomic E-state index is 0.268. The van der Waals surface area contributed by atoms with Gasteiger partial charge in [-0.3, -0.25) is 0 Å². The molecule has 0 aromatic heterocycles. The van der Waals surface area contributed by atoms with Crippen LogP contribution < -0.4 is 0 Å². The first-order valence-electron chi connectivity index (χ1n) is 6.20. The number of aliphatic hydroxyl groups is 2. The van der Waals surface area contributed by atoms with Crippen molar-refractivity contribution in [3.05, 3.63) is 35.9 Å². The Morgan fingerprint density at radius 2 is 1.56 bits per heavy atom. The molecule has 1 saturated carbocycles. The predicted octanol–water partition coefficient (Wildman–Crippen LogP) is 2.66. The lowest BCUT2D eigenvalue weighted by molar-refractivity contribution is -0.0285. The van der Waals surface area contributed by atoms with Crippen LogP contribution in [0.5, 0.6) is 0 Å². The van der Waals surface area contributed by atoms with E-state index in [1.165, 1.54) is 19.3 Å². The molecule has 0 spiro atoms. The third-order valence-corrected chi connectivity index (χ3v) is 3.60. The Kier molecular flexibility index (Phi) is 3.97. The highest BCUT2D eigenvalue weighted by molar-refractivity contribution is 5.18. The normalized spacial score (nSPS) is 21.6. The van der Waals surface area contributed by atoms with E-state index in [0.717, 1.165) is 18.4 Å². The Morgan fingerprint density at radius 3 is 2.19 bits per heavy atom. The summed E-state index contributed by atoms with van der Waals surface area (Å²) in [6.07, 6.45) is 4.39. The zero-order chi connectivity index (χ0) is 11.4. The van der Waals surface area contributed by atoms with E-state index in [2.05, 4.69) is 0 Å². The number of rotatable bonds is 3. The van der Waals surface area contributed by atoms with Gasteiger partial charge in [0.1, 0.15) is 6.10 Å². The molecule has 0 radical (unpaired) electrons. The Hall–Kier alpha value is -0.860. The smallest absolute Gasteiger partial charge is 0.105 e. The summed E-state index contributed by atoms with van der Waals surface area (Å²) in [6.45, 7) is 0. The maximum atomic E-state index is 10.1. The monoisotopic (exact) mass is 220 g/mol. The molecule has 1 aromatic rings. The maximum Gasteiger partial charge on any atom is 0.105 e. The number of aliphatic hydroxyl groups excluding tert-OH is 2. The molecule has 2 rings (SSSR count). The second-order valence-corrected chi connectivity index (χ2v) is 4.74. The fourth-order valence-electron chi connectivity index (χ4n) is 2.58. The molecule has 0 bridgehead atoms. The van der Waals surface area contributed by atoms with Crippen molar-refractivity contribution in [1.82, 2.24) is 0 Å². The van der Waals surface area contributed by atoms with Crippen LogP contribution in [0.1, 0.15) is 43.8 Å². The molecule has 2 atom stereocenters. The third-order valence-electron chi connectivity index (χ3n) is 3.60. The van der Waals surface area contributed by atoms with Crippen molar-refractivity contribution in [2.45, 2.75) is 44.3 Å². The highest BCUT2D eigenvalue weighted by Crippen LogP contribution is 2.32. The van der Waals surface area contributed by atoms with Crippen LogP contribution in [0.2, 0.25) is 0 Å². The third kappa shape index (κ3) is 2.63. The minimum Gasteiger partial charge on any atom is -0.390 e. The fraction of sp³-hybridized carbons (Fsp3) is 0.571. The molecule has 1 fully saturated rings. The van der Waals surface area contributed by atoms with Gasteiger partial charge < -0.3 is 10.2 Å². The fourth-order valence-corrected chi connectivity index (χ4v) is 2.58. The lowest BCUT2D eigenvalue weighted by Crippen LogP contribution is -2.29. The quantitative estimate of drug-likeness (QED) is 0.822. The van der Waals surface area contributed by atoms with Crippen LogP contribution in [0, 0.1) is 5.92 Å². The van der Waals surface area contributed by atoms with Gasteiger partial charge in [-0.15, -0.1) is 0 Å². The van der Waals surface area contributed by atoms with Crippen LogP contribution >= 0.6 is 0 Å². The molecule has 0 heterocycles. The van der Waals surface area contributed by atoms with Gasteiger partial charge in [-0.1, -0.05) is 49.6 Å². The Labute approximate surface area is 96.9 Å². The molecule has 0 amide bonds. The molecule has 16 heavy (non-hydrogen) atoms. The van der Waals surface area contributed by atoms with Crippen molar-refractivity contribution in [2.75, 3.05) is 0 Å². The largest absolute Gasteiger partial charge is 0.390 e. The summed E-state index contributed by atoms with van der Waals surface area (Å²) in [5.41, 5.74) is 0.820. The van der Waals surface area contributed by atoms with E-state index in [9.17, 15) is 10.2 Å². The van der Waals surface area contributed by atoms with E-state index in [1.54, 1.807) is 0 Å². The predicted molar refractivity (Wildman–Crippen MR) is 64.0 cm³/mol. The van der Waals surface area contributed by atoms with Crippen molar-refractivity contribution >= 4 is 0 Å². The summed E-state index contributed by atoms with van der Waals surface area (Å²) in [4.78, 5) is 0. The van der Waals surface area contributed by atoms with Gasteiger partial charge in [0.05, 0.1) is 6.10 Å². The first-order chi connectivity index (χ1) is 7.79. The van der Waals surface area contributed by atoms with E-state index >= 15 is 0 Å². The zero-order valence-corrected chi connectivity index (χ0v) is 9.55. The van der Waals surface area contributed by atoms with Gasteiger partial charge in [0, 0.05) is 0 Å². The van der Waals surface area contributed by atoms with Gasteiger partial charge >= 0.3 is 0 Å². The number of hydrogen-bond acceptors (Lipinski definition) is 2. The zero-order valence-electron chi connectivity index (χ0n) is 9.55. The van der Waals surface area contributed by atoms with Gasteiger partial charge in [-0.05, 0) is 24.3 Å². The summed E-state index contributed by atoms with van der Waals surface area (Å²) in [7, 11) is 0. The van der Waals surface area contributed by atoms with Crippen LogP contribution in [0.15, 0.2) is 30.3 Å². The molecule has 2 nitrogen and oxygen atoms in total. The van der Waals surface area contributed by atoms with Crippen LogP contribution in [0.25, 0.3) is 0 Å². The molecule has 1 aliphatic carbocycles.